The second-order valence-electron chi connectivity index (χ2n) is 7.87. The van der Waals surface area contributed by atoms with Crippen molar-refractivity contribution in [1.82, 2.24) is 9.88 Å². The number of aliphatic carboxylic acids is 1. The van der Waals surface area contributed by atoms with Crippen LogP contribution in [0.4, 0.5) is 10.5 Å². The number of aromatic nitrogens is 1. The molecule has 3 aromatic rings. The van der Waals surface area contributed by atoms with Crippen LogP contribution in [0.1, 0.15) is 23.6 Å². The van der Waals surface area contributed by atoms with Gasteiger partial charge in [-0.05, 0) is 30.2 Å². The Morgan fingerprint density at radius 2 is 1.80 bits per heavy atom. The quantitative estimate of drug-likeness (QED) is 0.387. The molecule has 0 bridgehead atoms. The smallest absolute Gasteiger partial charge is 0.319 e. The minimum Gasteiger partial charge on any atom is -0.505 e. The Morgan fingerprint density at radius 3 is 2.40 bits per heavy atom. The molecule has 0 spiro atoms. The second kappa shape index (κ2) is 10.6. The van der Waals surface area contributed by atoms with Gasteiger partial charge in [-0.3, -0.25) is 9.59 Å². The van der Waals surface area contributed by atoms with Crippen molar-refractivity contribution in [3.63, 3.8) is 0 Å². The second-order valence-corrected chi connectivity index (χ2v) is 7.87. The number of hydrogen-bond donors (Lipinski definition) is 4. The summed E-state index contributed by atoms with van der Waals surface area (Å²) in [6.45, 7) is 1.58. The molecule has 1 aromatic heterocycles. The number of carbonyl (C=O) groups is 2. The lowest BCUT2D eigenvalue weighted by molar-refractivity contribution is -0.137. The van der Waals surface area contributed by atoms with Crippen molar-refractivity contribution in [2.45, 2.75) is 19.4 Å². The van der Waals surface area contributed by atoms with Gasteiger partial charge >= 0.3 is 12.0 Å². The van der Waals surface area contributed by atoms with Gasteiger partial charge in [0.2, 0.25) is 0 Å². The molecule has 1 heterocycles. The first-order chi connectivity index (χ1) is 16.7. The Kier molecular flexibility index (Phi) is 7.65. The fraction of sp³-hybridized carbons (Fsp3) is 0.240. The molecule has 10 heteroatoms. The van der Waals surface area contributed by atoms with E-state index >= 15 is 0 Å². The first-order valence-corrected chi connectivity index (χ1v) is 10.7. The molecule has 0 fully saturated rings. The number of carbonyl (C=O) groups excluding carboxylic acids is 1. The van der Waals surface area contributed by atoms with Crippen LogP contribution in [0.3, 0.4) is 0 Å². The highest BCUT2D eigenvalue weighted by molar-refractivity contribution is 5.91. The number of benzene rings is 2. The lowest BCUT2D eigenvalue weighted by atomic mass is 9.96. The number of nitrogens with one attached hydrogen (secondary N) is 2. The predicted molar refractivity (Wildman–Crippen MR) is 130 cm³/mol. The number of nitrogens with zero attached hydrogens (tertiary/aromatic N) is 1. The molecular weight excluding hydrogens is 454 g/mol. The van der Waals surface area contributed by atoms with Crippen LogP contribution in [0.2, 0.25) is 0 Å². The van der Waals surface area contributed by atoms with Crippen LogP contribution >= 0.6 is 0 Å². The summed E-state index contributed by atoms with van der Waals surface area (Å²) in [5, 5.41) is 24.7. The molecule has 35 heavy (non-hydrogen) atoms. The van der Waals surface area contributed by atoms with Crippen LogP contribution in [0.25, 0.3) is 11.1 Å². The van der Waals surface area contributed by atoms with E-state index in [9.17, 15) is 24.6 Å². The first kappa shape index (κ1) is 25.2. The topological polar surface area (TPSA) is 139 Å². The van der Waals surface area contributed by atoms with Gasteiger partial charge in [0.1, 0.15) is 5.75 Å². The zero-order chi connectivity index (χ0) is 25.7. The average molecular weight is 482 g/mol. The van der Waals surface area contributed by atoms with Crippen LogP contribution in [0, 0.1) is 6.92 Å². The van der Waals surface area contributed by atoms with Gasteiger partial charge in [0.05, 0.1) is 26.7 Å². The van der Waals surface area contributed by atoms with Crippen molar-refractivity contribution >= 4 is 17.7 Å². The molecule has 2 amide bonds. The Balaban J connectivity index is 2.02. The zero-order valence-corrected chi connectivity index (χ0v) is 19.8. The van der Waals surface area contributed by atoms with E-state index in [0.29, 0.717) is 28.2 Å². The number of rotatable bonds is 8. The Bertz CT molecular complexity index is 1300. The number of aryl methyl sites for hydroxylation is 2. The van der Waals surface area contributed by atoms with Gasteiger partial charge in [-0.25, -0.2) is 4.79 Å². The number of aromatic hydroxyl groups is 1. The third-order valence-corrected chi connectivity index (χ3v) is 5.44. The van der Waals surface area contributed by atoms with Crippen molar-refractivity contribution in [2.75, 3.05) is 19.5 Å². The molecule has 0 radical (unpaired) electrons. The van der Waals surface area contributed by atoms with Crippen molar-refractivity contribution in [3.8, 4) is 28.4 Å². The Labute approximate surface area is 201 Å². The fourth-order valence-corrected chi connectivity index (χ4v) is 3.75. The monoisotopic (exact) mass is 481 g/mol. The first-order valence-electron chi connectivity index (χ1n) is 10.7. The SMILES string of the molecule is COc1cc(C(CC(=O)O)NC(=O)Nc2c(O)c(C)cn(C)c2=O)cc(-c2ccccc2)c1OC. The van der Waals surface area contributed by atoms with E-state index < -0.39 is 30.0 Å². The number of pyridine rings is 1. The van der Waals surface area contributed by atoms with Gasteiger partial charge in [-0.1, -0.05) is 30.3 Å². The fourth-order valence-electron chi connectivity index (χ4n) is 3.75. The maximum Gasteiger partial charge on any atom is 0.319 e. The summed E-state index contributed by atoms with van der Waals surface area (Å²) >= 11 is 0. The molecule has 0 saturated carbocycles. The number of urea groups is 1. The largest absolute Gasteiger partial charge is 0.505 e. The number of carboxylic acids is 1. The maximum absolute atomic E-state index is 12.8. The molecule has 0 aliphatic rings. The molecule has 3 rings (SSSR count). The summed E-state index contributed by atoms with van der Waals surface area (Å²) in [7, 11) is 4.44. The van der Waals surface area contributed by atoms with Crippen molar-refractivity contribution in [2.24, 2.45) is 7.05 Å². The average Bonchev–Trinajstić information content (AvgIpc) is 2.84. The van der Waals surface area contributed by atoms with Crippen molar-refractivity contribution < 1.29 is 29.3 Å². The lowest BCUT2D eigenvalue weighted by Crippen LogP contribution is -2.36. The summed E-state index contributed by atoms with van der Waals surface area (Å²) in [4.78, 5) is 36.8. The summed E-state index contributed by atoms with van der Waals surface area (Å²) in [5.74, 6) is -0.711. The summed E-state index contributed by atoms with van der Waals surface area (Å²) in [6.07, 6.45) is 0.984. The van der Waals surface area contributed by atoms with E-state index in [1.807, 2.05) is 30.3 Å². The maximum atomic E-state index is 12.8. The van der Waals surface area contributed by atoms with Gasteiger partial charge in [0, 0.05) is 24.4 Å². The molecule has 1 atom stereocenters. The van der Waals surface area contributed by atoms with E-state index in [2.05, 4.69) is 10.6 Å². The Morgan fingerprint density at radius 1 is 1.11 bits per heavy atom. The lowest BCUT2D eigenvalue weighted by Gasteiger charge is -2.22. The minimum absolute atomic E-state index is 0.309. The molecule has 184 valence electrons. The number of hydrogen-bond acceptors (Lipinski definition) is 6. The number of anilines is 1. The minimum atomic E-state index is -1.15. The highest BCUT2D eigenvalue weighted by Crippen LogP contribution is 2.41. The number of carboxylic acid groups (broad SMARTS) is 1. The van der Waals surface area contributed by atoms with E-state index in [1.54, 1.807) is 19.1 Å². The van der Waals surface area contributed by atoms with E-state index in [-0.39, 0.29) is 11.4 Å². The summed E-state index contributed by atoms with van der Waals surface area (Å²) in [6, 6.07) is 10.7. The van der Waals surface area contributed by atoms with Gasteiger partial charge in [0.15, 0.2) is 17.2 Å². The van der Waals surface area contributed by atoms with Crippen LogP contribution < -0.4 is 25.7 Å². The normalized spacial score (nSPS) is 11.4. The zero-order valence-electron chi connectivity index (χ0n) is 19.8. The number of amides is 2. The molecule has 1 unspecified atom stereocenters. The highest BCUT2D eigenvalue weighted by atomic mass is 16.5. The van der Waals surface area contributed by atoms with Crippen LogP contribution in [0.5, 0.6) is 17.2 Å². The van der Waals surface area contributed by atoms with Crippen LogP contribution in [0.15, 0.2) is 53.5 Å². The number of ether oxygens (including phenoxy) is 2. The Hall–Kier alpha value is -4.47. The number of methoxy groups -OCH3 is 2. The van der Waals surface area contributed by atoms with Crippen LogP contribution in [-0.2, 0) is 11.8 Å². The molecular formula is C25H27N3O7. The van der Waals surface area contributed by atoms with Gasteiger partial charge in [-0.2, -0.15) is 0 Å². The highest BCUT2D eigenvalue weighted by Gasteiger charge is 2.24. The molecule has 0 aliphatic heterocycles. The summed E-state index contributed by atoms with van der Waals surface area (Å²) in [5.41, 5.74) is 1.35. The summed E-state index contributed by atoms with van der Waals surface area (Å²) < 4.78 is 12.2. The predicted octanol–water partition coefficient (Wildman–Crippen LogP) is 3.42. The van der Waals surface area contributed by atoms with Gasteiger partial charge < -0.3 is 34.9 Å². The molecule has 0 aliphatic carbocycles. The van der Waals surface area contributed by atoms with E-state index in [4.69, 9.17) is 9.47 Å². The van der Waals surface area contributed by atoms with E-state index in [0.717, 1.165) is 5.56 Å². The van der Waals surface area contributed by atoms with Crippen LogP contribution in [-0.4, -0.2) is 41.0 Å². The third kappa shape index (κ3) is 5.55. The molecule has 0 saturated heterocycles. The van der Waals surface area contributed by atoms with Gasteiger partial charge in [0.25, 0.3) is 5.56 Å². The van der Waals surface area contributed by atoms with Crippen molar-refractivity contribution in [1.29, 1.82) is 0 Å². The molecule has 4 N–H and O–H groups in total. The van der Waals surface area contributed by atoms with E-state index in [1.165, 1.54) is 32.0 Å². The van der Waals surface area contributed by atoms with Gasteiger partial charge in [-0.15, -0.1) is 0 Å². The third-order valence-electron chi connectivity index (χ3n) is 5.44. The molecule has 2 aromatic carbocycles. The van der Waals surface area contributed by atoms with Crippen molar-refractivity contribution in [3.05, 3.63) is 70.1 Å². The molecule has 10 nitrogen and oxygen atoms in total. The standard InChI is InChI=1S/C25H27N3O7/c1-14-13-28(2)24(32)21(22(14)31)27-25(33)26-18(12-20(29)30)16-10-17(15-8-6-5-7-9-15)23(35-4)19(11-16)34-3/h5-11,13,18,31H,12H2,1-4H3,(H,29,30)(H2,26,27,33).